The number of carbonyl (C=O) groups is 1. The van der Waals surface area contributed by atoms with Crippen molar-refractivity contribution in [1.82, 2.24) is 0 Å². The van der Waals surface area contributed by atoms with Crippen LogP contribution in [-0.2, 0) is 4.74 Å². The first-order valence-corrected chi connectivity index (χ1v) is 5.29. The van der Waals surface area contributed by atoms with E-state index in [2.05, 4.69) is 0 Å². The lowest BCUT2D eigenvalue weighted by Crippen LogP contribution is -1.97. The Labute approximate surface area is 89.6 Å². The molecule has 2 heteroatoms. The van der Waals surface area contributed by atoms with Gasteiger partial charge in [0.2, 0.25) is 0 Å². The summed E-state index contributed by atoms with van der Waals surface area (Å²) in [5.41, 5.74) is 2.53. The molecule has 15 heavy (non-hydrogen) atoms. The molecule has 0 bridgehead atoms. The highest BCUT2D eigenvalue weighted by Crippen LogP contribution is 2.34. The predicted octanol–water partition coefficient (Wildman–Crippen LogP) is 3.04. The summed E-state index contributed by atoms with van der Waals surface area (Å²) in [5, 5.41) is 0. The number of rotatable bonds is 3. The molecular weight excluding hydrogens is 188 g/mol. The van der Waals surface area contributed by atoms with Crippen molar-refractivity contribution < 1.29 is 9.53 Å². The molecule has 0 radical (unpaired) electrons. The van der Waals surface area contributed by atoms with Crippen molar-refractivity contribution in [3.8, 4) is 0 Å². The normalized spacial score (nSPS) is 14.4. The molecule has 1 aromatic rings. The molecule has 0 spiro atoms. The molecule has 2 nitrogen and oxygen atoms in total. The molecule has 0 aromatic heterocycles. The number of carbonyl (C=O) groups excluding carboxylic acids is 1. The van der Waals surface area contributed by atoms with Crippen LogP contribution in [0.3, 0.4) is 0 Å². The van der Waals surface area contributed by atoms with Gasteiger partial charge in [-0.25, -0.2) is 0 Å². The zero-order valence-electron chi connectivity index (χ0n) is 9.04. The van der Waals surface area contributed by atoms with Crippen molar-refractivity contribution in [3.05, 3.63) is 41.0 Å². The second-order valence-corrected chi connectivity index (χ2v) is 3.47. The summed E-state index contributed by atoms with van der Waals surface area (Å²) in [6, 6.07) is 7.63. The van der Waals surface area contributed by atoms with E-state index in [0.29, 0.717) is 6.61 Å². The Bertz CT molecular complexity index is 430. The number of hydrogen-bond acceptors (Lipinski definition) is 2. The molecule has 2 rings (SSSR count). The van der Waals surface area contributed by atoms with Crippen LogP contribution in [0.5, 0.6) is 0 Å². The van der Waals surface area contributed by atoms with Gasteiger partial charge in [0.1, 0.15) is 5.76 Å². The molecule has 0 aliphatic heterocycles. The highest BCUT2D eigenvalue weighted by molar-refractivity contribution is 6.19. The zero-order valence-corrected chi connectivity index (χ0v) is 9.04. The third-order valence-corrected chi connectivity index (χ3v) is 2.61. The molecule has 0 saturated carbocycles. The first kappa shape index (κ1) is 9.97. The highest BCUT2D eigenvalue weighted by Gasteiger charge is 2.28. The molecule has 1 aliphatic rings. The molecule has 0 atom stereocenters. The summed E-state index contributed by atoms with van der Waals surface area (Å²) in [6.07, 6.45) is 0.725. The molecule has 0 saturated heterocycles. The number of fused-ring (bicyclic) bond motifs is 1. The average Bonchev–Trinajstić information content (AvgIpc) is 2.54. The van der Waals surface area contributed by atoms with Gasteiger partial charge in [-0.05, 0) is 13.3 Å². The Morgan fingerprint density at radius 2 is 1.80 bits per heavy atom. The van der Waals surface area contributed by atoms with Crippen molar-refractivity contribution in [3.63, 3.8) is 0 Å². The summed E-state index contributed by atoms with van der Waals surface area (Å²) in [7, 11) is 0. The summed E-state index contributed by atoms with van der Waals surface area (Å²) >= 11 is 0. The van der Waals surface area contributed by atoms with Crippen LogP contribution in [0.2, 0.25) is 0 Å². The lowest BCUT2D eigenvalue weighted by Gasteiger charge is -2.06. The molecule has 0 amide bonds. The second-order valence-electron chi connectivity index (χ2n) is 3.47. The number of ether oxygens (including phenoxy) is 1. The van der Waals surface area contributed by atoms with E-state index in [-0.39, 0.29) is 5.78 Å². The van der Waals surface area contributed by atoms with E-state index in [1.54, 1.807) is 0 Å². The van der Waals surface area contributed by atoms with E-state index >= 15 is 0 Å². The van der Waals surface area contributed by atoms with Crippen LogP contribution in [0.25, 0.3) is 5.76 Å². The molecule has 78 valence electrons. The van der Waals surface area contributed by atoms with Crippen molar-refractivity contribution in [1.29, 1.82) is 0 Å². The first-order chi connectivity index (χ1) is 7.29. The van der Waals surface area contributed by atoms with E-state index in [1.165, 1.54) is 0 Å². The summed E-state index contributed by atoms with van der Waals surface area (Å²) in [4.78, 5) is 12.0. The van der Waals surface area contributed by atoms with Gasteiger partial charge in [-0.3, -0.25) is 4.79 Å². The maximum Gasteiger partial charge on any atom is 0.193 e. The van der Waals surface area contributed by atoms with E-state index in [4.69, 9.17) is 4.74 Å². The van der Waals surface area contributed by atoms with Gasteiger partial charge in [0, 0.05) is 16.7 Å². The van der Waals surface area contributed by atoms with Gasteiger partial charge in [-0.2, -0.15) is 0 Å². The fourth-order valence-corrected chi connectivity index (χ4v) is 1.94. The quantitative estimate of drug-likeness (QED) is 0.753. The van der Waals surface area contributed by atoms with E-state index in [0.717, 1.165) is 28.9 Å². The molecule has 0 N–H and O–H groups in total. The Hall–Kier alpha value is -1.57. The number of allylic oxidation sites excluding steroid dienone is 1. The van der Waals surface area contributed by atoms with Crippen LogP contribution in [0, 0.1) is 0 Å². The Morgan fingerprint density at radius 1 is 1.13 bits per heavy atom. The second kappa shape index (κ2) is 3.89. The predicted molar refractivity (Wildman–Crippen MR) is 59.6 cm³/mol. The smallest absolute Gasteiger partial charge is 0.193 e. The SMILES string of the molecule is CCOC1=C(CC)C(=O)c2ccccc21. The van der Waals surface area contributed by atoms with Crippen molar-refractivity contribution in [2.45, 2.75) is 20.3 Å². The molecule has 0 unspecified atom stereocenters. The fraction of sp³-hybridized carbons (Fsp3) is 0.308. The number of benzene rings is 1. The molecule has 0 fully saturated rings. The Balaban J connectivity index is 2.55. The van der Waals surface area contributed by atoms with Crippen molar-refractivity contribution in [2.75, 3.05) is 6.61 Å². The van der Waals surface area contributed by atoms with E-state index < -0.39 is 0 Å². The standard InChI is InChI=1S/C13H14O2/c1-3-9-12(14)10-7-5-6-8-11(10)13(9)15-4-2/h5-8H,3-4H2,1-2H3. The molecule has 0 heterocycles. The van der Waals surface area contributed by atoms with Gasteiger partial charge in [0.15, 0.2) is 5.78 Å². The van der Waals surface area contributed by atoms with Crippen LogP contribution >= 0.6 is 0 Å². The third kappa shape index (κ3) is 1.46. The molecular formula is C13H14O2. The van der Waals surface area contributed by atoms with Crippen LogP contribution in [-0.4, -0.2) is 12.4 Å². The van der Waals surface area contributed by atoms with E-state index in [9.17, 15) is 4.79 Å². The van der Waals surface area contributed by atoms with Gasteiger partial charge < -0.3 is 4.74 Å². The van der Waals surface area contributed by atoms with Crippen molar-refractivity contribution in [2.24, 2.45) is 0 Å². The van der Waals surface area contributed by atoms with Gasteiger partial charge in [-0.15, -0.1) is 0 Å². The minimum Gasteiger partial charge on any atom is -0.493 e. The Morgan fingerprint density at radius 3 is 2.40 bits per heavy atom. The minimum absolute atomic E-state index is 0.122. The minimum atomic E-state index is 0.122. The van der Waals surface area contributed by atoms with Crippen LogP contribution in [0.4, 0.5) is 0 Å². The van der Waals surface area contributed by atoms with Gasteiger partial charge in [-0.1, -0.05) is 31.2 Å². The van der Waals surface area contributed by atoms with E-state index in [1.807, 2.05) is 38.1 Å². The zero-order chi connectivity index (χ0) is 10.8. The monoisotopic (exact) mass is 202 g/mol. The summed E-state index contributed by atoms with van der Waals surface area (Å²) in [5.74, 6) is 0.900. The van der Waals surface area contributed by atoms with Crippen LogP contribution in [0.15, 0.2) is 29.8 Å². The lowest BCUT2D eigenvalue weighted by atomic mass is 10.1. The molecule has 1 aliphatic carbocycles. The first-order valence-electron chi connectivity index (χ1n) is 5.29. The average molecular weight is 202 g/mol. The molecule has 1 aromatic carbocycles. The topological polar surface area (TPSA) is 26.3 Å². The number of hydrogen-bond donors (Lipinski definition) is 0. The van der Waals surface area contributed by atoms with Gasteiger partial charge in [0.25, 0.3) is 0 Å². The summed E-state index contributed by atoms with van der Waals surface area (Å²) < 4.78 is 5.56. The number of ketones is 1. The highest BCUT2D eigenvalue weighted by atomic mass is 16.5. The van der Waals surface area contributed by atoms with Crippen LogP contribution < -0.4 is 0 Å². The van der Waals surface area contributed by atoms with Gasteiger partial charge >= 0.3 is 0 Å². The third-order valence-electron chi connectivity index (χ3n) is 2.61. The fourth-order valence-electron chi connectivity index (χ4n) is 1.94. The number of Topliss-reactive ketones (excluding diaryl/α,β-unsaturated/α-hetero) is 1. The Kier molecular flexibility index (Phi) is 2.58. The maximum atomic E-state index is 12.0. The summed E-state index contributed by atoms with van der Waals surface area (Å²) in [6.45, 7) is 4.52. The largest absolute Gasteiger partial charge is 0.493 e. The van der Waals surface area contributed by atoms with Crippen LogP contribution in [0.1, 0.15) is 36.2 Å². The maximum absolute atomic E-state index is 12.0. The lowest BCUT2D eigenvalue weighted by molar-refractivity contribution is 0.103. The van der Waals surface area contributed by atoms with Crippen molar-refractivity contribution >= 4 is 11.5 Å². The van der Waals surface area contributed by atoms with Gasteiger partial charge in [0.05, 0.1) is 6.61 Å².